The number of imidazole rings is 1. The molecule has 0 amide bonds. The van der Waals surface area contributed by atoms with Crippen molar-refractivity contribution in [1.82, 2.24) is 9.38 Å². The molecular weight excluding hydrogens is 328 g/mol. The van der Waals surface area contributed by atoms with Crippen LogP contribution in [0.3, 0.4) is 0 Å². The Morgan fingerprint density at radius 3 is 3.00 bits per heavy atom. The van der Waals surface area contributed by atoms with Crippen molar-refractivity contribution >= 4 is 32.2 Å². The highest BCUT2D eigenvalue weighted by Crippen LogP contribution is 2.30. The molecule has 19 heavy (non-hydrogen) atoms. The molecule has 0 aliphatic carbocycles. The van der Waals surface area contributed by atoms with Gasteiger partial charge in [-0.05, 0) is 12.1 Å². The fourth-order valence-electron chi connectivity index (χ4n) is 1.79. The largest absolute Gasteiger partial charge is 0.497 e. The number of hydrogen-bond donors (Lipinski definition) is 0. The lowest BCUT2D eigenvalue weighted by Gasteiger charge is -2.06. The number of fused-ring (bicyclic) bond motifs is 1. The van der Waals surface area contributed by atoms with Crippen LogP contribution in [-0.4, -0.2) is 16.5 Å². The highest BCUT2D eigenvalue weighted by Gasteiger charge is 2.14. The minimum absolute atomic E-state index is 0.622. The summed E-state index contributed by atoms with van der Waals surface area (Å²) >= 11 is 5.06. The molecule has 0 aliphatic rings. The normalized spacial score (nSPS) is 10.8. The second-order valence-electron chi connectivity index (χ2n) is 3.83. The second kappa shape index (κ2) is 5.22. The van der Waals surface area contributed by atoms with Crippen LogP contribution in [0.25, 0.3) is 4.96 Å². The highest BCUT2D eigenvalue weighted by atomic mass is 79.9. The predicted molar refractivity (Wildman–Crippen MR) is 78.8 cm³/mol. The van der Waals surface area contributed by atoms with Gasteiger partial charge in [0, 0.05) is 23.0 Å². The Morgan fingerprint density at radius 2 is 2.21 bits per heavy atom. The van der Waals surface area contributed by atoms with Gasteiger partial charge in [-0.3, -0.25) is 4.40 Å². The van der Waals surface area contributed by atoms with Gasteiger partial charge in [0.2, 0.25) is 5.88 Å². The van der Waals surface area contributed by atoms with Gasteiger partial charge in [0.05, 0.1) is 12.8 Å². The zero-order valence-corrected chi connectivity index (χ0v) is 12.6. The molecule has 1 aromatic carbocycles. The molecule has 2 aromatic heterocycles. The summed E-state index contributed by atoms with van der Waals surface area (Å²) in [6, 6.07) is 7.49. The maximum atomic E-state index is 5.85. The Bertz CT molecular complexity index is 708. The van der Waals surface area contributed by atoms with Crippen LogP contribution in [-0.2, 0) is 5.33 Å². The minimum atomic E-state index is 0.622. The summed E-state index contributed by atoms with van der Waals surface area (Å²) in [5.74, 6) is 2.10. The van der Waals surface area contributed by atoms with Crippen molar-refractivity contribution in [2.75, 3.05) is 7.11 Å². The predicted octanol–water partition coefficient (Wildman–Crippen LogP) is 4.09. The van der Waals surface area contributed by atoms with E-state index in [9.17, 15) is 0 Å². The summed E-state index contributed by atoms with van der Waals surface area (Å²) in [6.07, 6.45) is 1.99. The van der Waals surface area contributed by atoms with Gasteiger partial charge in [-0.2, -0.15) is 4.98 Å². The van der Waals surface area contributed by atoms with Gasteiger partial charge in [-0.25, -0.2) is 0 Å². The van der Waals surface area contributed by atoms with Gasteiger partial charge in [0.15, 0.2) is 4.96 Å². The fourth-order valence-corrected chi connectivity index (χ4v) is 3.03. The first-order chi connectivity index (χ1) is 9.31. The molecule has 0 saturated heterocycles. The topological polar surface area (TPSA) is 35.8 Å². The van der Waals surface area contributed by atoms with Crippen molar-refractivity contribution in [1.29, 1.82) is 0 Å². The summed E-state index contributed by atoms with van der Waals surface area (Å²) < 4.78 is 13.1. The van der Waals surface area contributed by atoms with Crippen LogP contribution < -0.4 is 9.47 Å². The van der Waals surface area contributed by atoms with E-state index in [1.54, 1.807) is 18.4 Å². The zero-order valence-electron chi connectivity index (χ0n) is 10.2. The first kappa shape index (κ1) is 12.5. The summed E-state index contributed by atoms with van der Waals surface area (Å²) in [5, 5.41) is 2.69. The molecule has 6 heteroatoms. The fraction of sp³-hybridized carbons (Fsp3) is 0.154. The number of benzene rings is 1. The van der Waals surface area contributed by atoms with Gasteiger partial charge >= 0.3 is 0 Å². The Morgan fingerprint density at radius 1 is 1.37 bits per heavy atom. The Labute approximate surface area is 122 Å². The lowest BCUT2D eigenvalue weighted by Crippen LogP contribution is -1.91. The van der Waals surface area contributed by atoms with Crippen LogP contribution in [0.2, 0.25) is 0 Å². The molecule has 0 unspecified atom stereocenters. The zero-order chi connectivity index (χ0) is 13.2. The lowest BCUT2D eigenvalue weighted by molar-refractivity contribution is 0.407. The number of alkyl halides is 1. The lowest BCUT2D eigenvalue weighted by atomic mass is 10.3. The van der Waals surface area contributed by atoms with E-state index in [2.05, 4.69) is 20.9 Å². The Kier molecular flexibility index (Phi) is 3.44. The van der Waals surface area contributed by atoms with Crippen molar-refractivity contribution in [3.63, 3.8) is 0 Å². The van der Waals surface area contributed by atoms with Crippen LogP contribution in [0.15, 0.2) is 35.8 Å². The van der Waals surface area contributed by atoms with Crippen LogP contribution in [0, 0.1) is 0 Å². The smallest absolute Gasteiger partial charge is 0.243 e. The molecule has 0 spiro atoms. The molecule has 0 radical (unpaired) electrons. The molecule has 0 N–H and O–H groups in total. The molecule has 3 aromatic rings. The number of methoxy groups -OCH3 is 1. The number of halogens is 1. The molecule has 0 aliphatic heterocycles. The average Bonchev–Trinajstić information content (AvgIpc) is 2.99. The number of nitrogens with zero attached hydrogens (tertiary/aromatic N) is 2. The maximum absolute atomic E-state index is 5.85. The quantitative estimate of drug-likeness (QED) is 0.672. The van der Waals surface area contributed by atoms with Crippen LogP contribution in [0.1, 0.15) is 5.69 Å². The summed E-state index contributed by atoms with van der Waals surface area (Å²) in [5.41, 5.74) is 0.999. The molecule has 3 rings (SSSR count). The second-order valence-corrected chi connectivity index (χ2v) is 5.27. The molecule has 0 atom stereocenters. The average molecular weight is 339 g/mol. The van der Waals surface area contributed by atoms with E-state index in [-0.39, 0.29) is 0 Å². The van der Waals surface area contributed by atoms with Crippen LogP contribution in [0.5, 0.6) is 17.4 Å². The molecule has 98 valence electrons. The molecule has 4 nitrogen and oxygen atoms in total. The SMILES string of the molecule is COc1cccc(Oc2nc3sccn3c2CBr)c1. The molecular formula is C13H11BrN2O2S. The summed E-state index contributed by atoms with van der Waals surface area (Å²) in [6.45, 7) is 0. The Balaban J connectivity index is 1.97. The summed E-state index contributed by atoms with van der Waals surface area (Å²) in [7, 11) is 1.63. The number of aromatic nitrogens is 2. The standard InChI is InChI=1S/C13H11BrN2O2S/c1-17-9-3-2-4-10(7-9)18-12-11(8-14)16-5-6-19-13(16)15-12/h2-7H,8H2,1H3. The van der Waals surface area contributed by atoms with Gasteiger partial charge in [-0.1, -0.05) is 22.0 Å². The van der Waals surface area contributed by atoms with Crippen molar-refractivity contribution in [3.05, 3.63) is 41.5 Å². The molecule has 0 bridgehead atoms. The van der Waals surface area contributed by atoms with E-state index < -0.39 is 0 Å². The first-order valence-electron chi connectivity index (χ1n) is 5.64. The van der Waals surface area contributed by atoms with Crippen molar-refractivity contribution in [2.24, 2.45) is 0 Å². The van der Waals surface area contributed by atoms with E-state index >= 15 is 0 Å². The third-order valence-electron chi connectivity index (χ3n) is 2.71. The van der Waals surface area contributed by atoms with Crippen molar-refractivity contribution in [2.45, 2.75) is 5.33 Å². The number of hydrogen-bond acceptors (Lipinski definition) is 4. The third-order valence-corrected chi connectivity index (χ3v) is 3.99. The molecule has 0 saturated carbocycles. The molecule has 0 fully saturated rings. The Hall–Kier alpha value is -1.53. The van der Waals surface area contributed by atoms with Crippen molar-refractivity contribution in [3.8, 4) is 17.4 Å². The van der Waals surface area contributed by atoms with Gasteiger partial charge in [-0.15, -0.1) is 11.3 Å². The van der Waals surface area contributed by atoms with E-state index in [0.29, 0.717) is 17.0 Å². The third kappa shape index (κ3) is 2.33. The van der Waals surface area contributed by atoms with Gasteiger partial charge in [0.1, 0.15) is 11.5 Å². The molecule has 2 heterocycles. The summed E-state index contributed by atoms with van der Waals surface area (Å²) in [4.78, 5) is 5.41. The van der Waals surface area contributed by atoms with Crippen LogP contribution in [0.4, 0.5) is 0 Å². The highest BCUT2D eigenvalue weighted by molar-refractivity contribution is 9.08. The number of thiazole rings is 1. The van der Waals surface area contributed by atoms with Crippen LogP contribution >= 0.6 is 27.3 Å². The monoisotopic (exact) mass is 338 g/mol. The maximum Gasteiger partial charge on any atom is 0.243 e. The van der Waals surface area contributed by atoms with E-state index in [0.717, 1.165) is 16.4 Å². The van der Waals surface area contributed by atoms with E-state index in [1.807, 2.05) is 40.2 Å². The number of rotatable bonds is 4. The van der Waals surface area contributed by atoms with E-state index in [1.165, 1.54) is 0 Å². The van der Waals surface area contributed by atoms with Crippen molar-refractivity contribution < 1.29 is 9.47 Å². The van der Waals surface area contributed by atoms with Gasteiger partial charge < -0.3 is 9.47 Å². The first-order valence-corrected chi connectivity index (χ1v) is 7.64. The number of ether oxygens (including phenoxy) is 2. The van der Waals surface area contributed by atoms with Gasteiger partial charge in [0.25, 0.3) is 0 Å². The minimum Gasteiger partial charge on any atom is -0.497 e. The van der Waals surface area contributed by atoms with E-state index in [4.69, 9.17) is 9.47 Å².